The predicted octanol–water partition coefficient (Wildman–Crippen LogP) is 2.63. The highest BCUT2D eigenvalue weighted by molar-refractivity contribution is 9.10. The highest BCUT2D eigenvalue weighted by Gasteiger charge is 1.98. The number of halogens is 3. The van der Waals surface area contributed by atoms with Gasteiger partial charge in [-0.15, -0.1) is 12.4 Å². The molecule has 0 saturated carbocycles. The molecule has 2 nitrogen and oxygen atoms in total. The molecule has 12 heavy (non-hydrogen) atoms. The largest absolute Gasteiger partial charge is 0.344 e. The van der Waals surface area contributed by atoms with Crippen molar-refractivity contribution in [2.75, 3.05) is 0 Å². The van der Waals surface area contributed by atoms with Crippen molar-refractivity contribution in [2.45, 2.75) is 6.54 Å². The summed E-state index contributed by atoms with van der Waals surface area (Å²) < 4.78 is 13.5. The van der Waals surface area contributed by atoms with Gasteiger partial charge < -0.3 is 11.9 Å². The minimum atomic E-state index is -0.253. The highest BCUT2D eigenvalue weighted by atomic mass is 79.9. The van der Waals surface area contributed by atoms with Crippen molar-refractivity contribution in [3.63, 3.8) is 0 Å². The van der Waals surface area contributed by atoms with E-state index in [2.05, 4.69) is 15.9 Å². The maximum Gasteiger partial charge on any atom is 0.128 e. The monoisotopic (exact) mass is 256 g/mol. The number of rotatable bonds is 1. The second kappa shape index (κ2) is 6.37. The fourth-order valence-corrected chi connectivity index (χ4v) is 1.02. The van der Waals surface area contributed by atoms with E-state index in [4.69, 9.17) is 5.73 Å². The normalized spacial score (nSPS) is 8.25. The summed E-state index contributed by atoms with van der Waals surface area (Å²) in [5.74, 6) is -0.253. The third-order valence-electron chi connectivity index (χ3n) is 1.24. The average molecular weight is 258 g/mol. The van der Waals surface area contributed by atoms with E-state index in [-0.39, 0.29) is 30.9 Å². The summed E-state index contributed by atoms with van der Waals surface area (Å²) in [5.41, 5.74) is 5.79. The summed E-state index contributed by atoms with van der Waals surface area (Å²) in [6, 6.07) is 4.84. The molecule has 0 unspecified atom stereocenters. The summed E-state index contributed by atoms with van der Waals surface area (Å²) in [7, 11) is 0. The molecule has 0 aliphatic rings. The predicted molar refractivity (Wildman–Crippen MR) is 54.3 cm³/mol. The zero-order chi connectivity index (χ0) is 7.56. The van der Waals surface area contributed by atoms with E-state index in [1.165, 1.54) is 6.07 Å². The number of hydrogen-bond acceptors (Lipinski definition) is 2. The van der Waals surface area contributed by atoms with Crippen molar-refractivity contribution in [3.05, 3.63) is 34.1 Å². The first kappa shape index (κ1) is 14.4. The molecule has 1 rings (SSSR count). The Hall–Kier alpha value is -0.160. The van der Waals surface area contributed by atoms with Crippen molar-refractivity contribution < 1.29 is 4.39 Å². The molecule has 0 aromatic heterocycles. The molecule has 0 aliphatic carbocycles. The van der Waals surface area contributed by atoms with Crippen LogP contribution < -0.4 is 11.9 Å². The van der Waals surface area contributed by atoms with E-state index >= 15 is 0 Å². The molecule has 0 fully saturated rings. The first-order chi connectivity index (χ1) is 4.74. The fourth-order valence-electron chi connectivity index (χ4n) is 0.687. The van der Waals surface area contributed by atoms with Crippen LogP contribution in [0.15, 0.2) is 22.7 Å². The minimum Gasteiger partial charge on any atom is -0.344 e. The smallest absolute Gasteiger partial charge is 0.128 e. The van der Waals surface area contributed by atoms with Gasteiger partial charge in [0.1, 0.15) is 5.82 Å². The molecule has 5 heteroatoms. The number of hydrogen-bond donors (Lipinski definition) is 2. The van der Waals surface area contributed by atoms with Crippen LogP contribution in [0.2, 0.25) is 0 Å². The molecule has 0 amide bonds. The van der Waals surface area contributed by atoms with E-state index in [9.17, 15) is 4.39 Å². The molecule has 70 valence electrons. The zero-order valence-electron chi connectivity index (χ0n) is 6.39. The van der Waals surface area contributed by atoms with Crippen molar-refractivity contribution in [3.8, 4) is 0 Å². The summed E-state index contributed by atoms with van der Waals surface area (Å²) in [6.07, 6.45) is 0. The van der Waals surface area contributed by atoms with Crippen molar-refractivity contribution in [1.82, 2.24) is 6.15 Å². The highest BCUT2D eigenvalue weighted by Crippen LogP contribution is 2.14. The molecule has 0 heterocycles. The molecule has 0 bridgehead atoms. The van der Waals surface area contributed by atoms with Crippen LogP contribution in [0.25, 0.3) is 0 Å². The van der Waals surface area contributed by atoms with Crippen LogP contribution in [0.1, 0.15) is 5.56 Å². The molecular formula is C7H11BrClFN2. The molecule has 0 radical (unpaired) electrons. The maximum atomic E-state index is 12.7. The van der Waals surface area contributed by atoms with Gasteiger partial charge >= 0.3 is 0 Å². The molecule has 5 N–H and O–H groups in total. The van der Waals surface area contributed by atoms with Gasteiger partial charge in [0, 0.05) is 16.6 Å². The summed E-state index contributed by atoms with van der Waals surface area (Å²) in [6.45, 7) is 0.249. The number of nitrogens with two attached hydrogens (primary N) is 1. The summed E-state index contributed by atoms with van der Waals surface area (Å²) >= 11 is 3.14. The minimum absolute atomic E-state index is 0. The van der Waals surface area contributed by atoms with Gasteiger partial charge in [-0.1, -0.05) is 22.0 Å². The Morgan fingerprint density at radius 2 is 2.00 bits per heavy atom. The fraction of sp³-hybridized carbons (Fsp3) is 0.143. The van der Waals surface area contributed by atoms with Crippen LogP contribution in [-0.2, 0) is 6.54 Å². The van der Waals surface area contributed by atoms with Gasteiger partial charge in [0.05, 0.1) is 0 Å². The van der Waals surface area contributed by atoms with Gasteiger partial charge in [-0.2, -0.15) is 0 Å². The third kappa shape index (κ3) is 3.49. The maximum absolute atomic E-state index is 12.7. The van der Waals surface area contributed by atoms with E-state index < -0.39 is 0 Å². The first-order valence-electron chi connectivity index (χ1n) is 2.88. The van der Waals surface area contributed by atoms with E-state index in [0.717, 1.165) is 4.47 Å². The summed E-state index contributed by atoms with van der Waals surface area (Å²) in [5, 5.41) is 0. The molecule has 0 spiro atoms. The average Bonchev–Trinajstić information content (AvgIpc) is 1.88. The van der Waals surface area contributed by atoms with E-state index in [0.29, 0.717) is 5.56 Å². The lowest BCUT2D eigenvalue weighted by molar-refractivity contribution is 0.610. The van der Waals surface area contributed by atoms with Gasteiger partial charge in [-0.05, 0) is 12.1 Å². The Morgan fingerprint density at radius 1 is 1.42 bits per heavy atom. The first-order valence-corrected chi connectivity index (χ1v) is 3.67. The molecular weight excluding hydrogens is 246 g/mol. The second-order valence-electron chi connectivity index (χ2n) is 1.94. The van der Waals surface area contributed by atoms with Crippen LogP contribution >= 0.6 is 28.3 Å². The van der Waals surface area contributed by atoms with Gasteiger partial charge in [-0.3, -0.25) is 0 Å². The molecule has 1 aromatic rings. The Balaban J connectivity index is 0. The van der Waals surface area contributed by atoms with Crippen LogP contribution in [0.5, 0.6) is 0 Å². The SMILES string of the molecule is Cl.N.NCc1ccc(Br)cc1F. The topological polar surface area (TPSA) is 61.0 Å². The Kier molecular flexibility index (Phi) is 7.62. The number of benzene rings is 1. The van der Waals surface area contributed by atoms with E-state index in [1.54, 1.807) is 12.1 Å². The van der Waals surface area contributed by atoms with Crippen molar-refractivity contribution >= 4 is 28.3 Å². The molecule has 0 atom stereocenters. The van der Waals surface area contributed by atoms with Crippen LogP contribution in [-0.4, -0.2) is 0 Å². The zero-order valence-corrected chi connectivity index (χ0v) is 8.79. The van der Waals surface area contributed by atoms with Crippen molar-refractivity contribution in [2.24, 2.45) is 5.73 Å². The molecule has 1 aromatic carbocycles. The lowest BCUT2D eigenvalue weighted by atomic mass is 10.2. The molecule has 0 aliphatic heterocycles. The Bertz CT molecular complexity index is 245. The van der Waals surface area contributed by atoms with Crippen LogP contribution in [0.3, 0.4) is 0 Å². The Labute approximate surface area is 85.5 Å². The summed E-state index contributed by atoms with van der Waals surface area (Å²) in [4.78, 5) is 0. The second-order valence-corrected chi connectivity index (χ2v) is 2.86. The van der Waals surface area contributed by atoms with Crippen molar-refractivity contribution in [1.29, 1.82) is 0 Å². The molecule has 0 saturated heterocycles. The van der Waals surface area contributed by atoms with Crippen LogP contribution in [0, 0.1) is 5.82 Å². The van der Waals surface area contributed by atoms with Gasteiger partial charge in [0.25, 0.3) is 0 Å². The standard InChI is InChI=1S/C7H7BrFN.ClH.H3N/c8-6-2-1-5(4-10)7(9)3-6;;/h1-3H,4,10H2;1H;1H3. The lowest BCUT2D eigenvalue weighted by Gasteiger charge is -1.97. The van der Waals surface area contributed by atoms with Gasteiger partial charge in [-0.25, -0.2) is 4.39 Å². The Morgan fingerprint density at radius 3 is 2.42 bits per heavy atom. The third-order valence-corrected chi connectivity index (χ3v) is 1.73. The van der Waals surface area contributed by atoms with Gasteiger partial charge in [0.15, 0.2) is 0 Å². The quantitative estimate of drug-likeness (QED) is 0.812. The van der Waals surface area contributed by atoms with E-state index in [1.807, 2.05) is 0 Å². The van der Waals surface area contributed by atoms with Crippen LogP contribution in [0.4, 0.5) is 4.39 Å². The lowest BCUT2D eigenvalue weighted by Crippen LogP contribution is -1.98. The van der Waals surface area contributed by atoms with Gasteiger partial charge in [0.2, 0.25) is 0 Å².